The highest BCUT2D eigenvalue weighted by Gasteiger charge is 2.19. The number of nitrogens with zero attached hydrogens (tertiary/aromatic N) is 1. The van der Waals surface area contributed by atoms with E-state index < -0.39 is 21.7 Å². The number of nitrogens with two attached hydrogens (primary N) is 1. The fourth-order valence-electron chi connectivity index (χ4n) is 2.95. The van der Waals surface area contributed by atoms with Gasteiger partial charge in [-0.3, -0.25) is 4.72 Å². The summed E-state index contributed by atoms with van der Waals surface area (Å²) in [6.07, 6.45) is 0. The Kier molecular flexibility index (Phi) is 7.34. The molecule has 176 valence electrons. The van der Waals surface area contributed by atoms with Crippen LogP contribution in [0.15, 0.2) is 48.5 Å². The molecule has 3 aromatic rings. The lowest BCUT2D eigenvalue weighted by Gasteiger charge is -2.16. The van der Waals surface area contributed by atoms with Crippen LogP contribution in [-0.4, -0.2) is 27.3 Å². The van der Waals surface area contributed by atoms with Gasteiger partial charge in [0.05, 0.1) is 11.8 Å². The lowest BCUT2D eigenvalue weighted by atomic mass is 10.0. The van der Waals surface area contributed by atoms with Crippen LogP contribution in [0.5, 0.6) is 17.4 Å². The number of rotatable bonds is 9. The van der Waals surface area contributed by atoms with Crippen molar-refractivity contribution in [3.63, 3.8) is 0 Å². The Bertz CT molecular complexity index is 1270. The highest BCUT2D eigenvalue weighted by Crippen LogP contribution is 2.37. The van der Waals surface area contributed by atoms with E-state index >= 15 is 0 Å². The number of anilines is 1. The number of nitrogens with one attached hydrogen (secondary N) is 1. The summed E-state index contributed by atoms with van der Waals surface area (Å²) in [5, 5.41) is 12.3. The molecular weight excluding hydrogens is 456 g/mol. The van der Waals surface area contributed by atoms with Crippen LogP contribution in [0.3, 0.4) is 0 Å². The average molecular weight is 480 g/mol. The lowest BCUT2D eigenvalue weighted by Crippen LogP contribution is -2.33. The predicted octanol–water partition coefficient (Wildman–Crippen LogP) is 3.47. The largest absolute Gasteiger partial charge is 0.616 e. The van der Waals surface area contributed by atoms with Crippen molar-refractivity contribution in [3.05, 3.63) is 71.1 Å². The predicted molar refractivity (Wildman–Crippen MR) is 120 cm³/mol. The van der Waals surface area contributed by atoms with Crippen LogP contribution in [0.25, 0.3) is 11.1 Å². The Hall–Kier alpha value is -3.44. The Morgan fingerprint density at radius 3 is 2.48 bits per heavy atom. The van der Waals surface area contributed by atoms with Crippen molar-refractivity contribution < 1.29 is 31.4 Å². The smallest absolute Gasteiger partial charge is 0.380 e. The summed E-state index contributed by atoms with van der Waals surface area (Å²) < 4.78 is 65.7. The molecule has 0 aliphatic rings. The maximum absolute atomic E-state index is 14.2. The van der Waals surface area contributed by atoms with E-state index in [0.717, 1.165) is 12.1 Å². The molecule has 3 rings (SSSR count). The molecule has 1 aromatic heterocycles. The van der Waals surface area contributed by atoms with E-state index in [1.54, 1.807) is 13.0 Å². The summed E-state index contributed by atoms with van der Waals surface area (Å²) >= 11 is 0. The third kappa shape index (κ3) is 5.88. The second-order valence-corrected chi connectivity index (χ2v) is 9.06. The Morgan fingerprint density at radius 1 is 1.09 bits per heavy atom. The van der Waals surface area contributed by atoms with E-state index in [-0.39, 0.29) is 47.7 Å². The summed E-state index contributed by atoms with van der Waals surface area (Å²) in [5.41, 5.74) is 6.77. The number of aryl methyl sites for hydroxylation is 1. The minimum absolute atomic E-state index is 0.0195. The molecule has 2 aromatic carbocycles. The van der Waals surface area contributed by atoms with E-state index in [4.69, 9.17) is 15.2 Å². The quantitative estimate of drug-likeness (QED) is 0.359. The van der Waals surface area contributed by atoms with Gasteiger partial charge in [-0.25, -0.2) is 17.2 Å². The number of pyridine rings is 1. The highest BCUT2D eigenvalue weighted by atomic mass is 32.2. The van der Waals surface area contributed by atoms with Gasteiger partial charge in [-0.05, 0) is 37.3 Å². The van der Waals surface area contributed by atoms with Crippen LogP contribution < -0.4 is 24.7 Å². The van der Waals surface area contributed by atoms with Crippen molar-refractivity contribution >= 4 is 15.7 Å². The number of ether oxygens (including phenoxy) is 2. The summed E-state index contributed by atoms with van der Waals surface area (Å²) in [5.74, 6) is -1.92. The van der Waals surface area contributed by atoms with Crippen molar-refractivity contribution in [2.24, 2.45) is 5.73 Å². The molecule has 0 unspecified atom stereocenters. The van der Waals surface area contributed by atoms with Gasteiger partial charge in [0.25, 0.3) is 0 Å². The molecule has 33 heavy (non-hydrogen) atoms. The molecule has 0 amide bonds. The standard InChI is InChI=1S/C22H23F2N3O5S/c1-3-33(29,30)26-17-5-7-20(32-21-6-4-16(23)12-19(21)24)18(13-17)15-10-14(2)27(28)22(11-15)31-9-8-25/h4-7,10-13,26H,3,8-9,25H2,1-2H3. The van der Waals surface area contributed by atoms with Crippen LogP contribution in [0.1, 0.15) is 12.6 Å². The first-order valence-corrected chi connectivity index (χ1v) is 11.6. The molecule has 0 saturated carbocycles. The van der Waals surface area contributed by atoms with Crippen LogP contribution in [0.4, 0.5) is 14.5 Å². The van der Waals surface area contributed by atoms with E-state index in [1.807, 2.05) is 0 Å². The van der Waals surface area contributed by atoms with Gasteiger partial charge in [0.1, 0.15) is 18.2 Å². The average Bonchev–Trinajstić information content (AvgIpc) is 2.77. The Morgan fingerprint density at radius 2 is 1.82 bits per heavy atom. The summed E-state index contributed by atoms with van der Waals surface area (Å²) in [7, 11) is -3.57. The van der Waals surface area contributed by atoms with Crippen molar-refractivity contribution in [1.82, 2.24) is 0 Å². The molecule has 0 saturated heterocycles. The van der Waals surface area contributed by atoms with E-state index in [9.17, 15) is 22.4 Å². The summed E-state index contributed by atoms with van der Waals surface area (Å²) in [6, 6.07) is 10.2. The Labute approximate surface area is 190 Å². The molecule has 11 heteroatoms. The maximum Gasteiger partial charge on any atom is 0.380 e. The van der Waals surface area contributed by atoms with E-state index in [2.05, 4.69) is 4.72 Å². The van der Waals surface area contributed by atoms with Crippen molar-refractivity contribution in [3.8, 4) is 28.5 Å². The zero-order valence-corrected chi connectivity index (χ0v) is 18.8. The number of sulfonamides is 1. The minimum Gasteiger partial charge on any atom is -0.616 e. The summed E-state index contributed by atoms with van der Waals surface area (Å²) in [6.45, 7) is 3.35. The molecule has 0 bridgehead atoms. The normalized spacial score (nSPS) is 11.3. The number of hydrogen-bond acceptors (Lipinski definition) is 6. The van der Waals surface area contributed by atoms with Crippen molar-refractivity contribution in [1.29, 1.82) is 0 Å². The molecule has 0 aliphatic heterocycles. The number of halogens is 2. The number of benzene rings is 2. The third-order valence-corrected chi connectivity index (χ3v) is 5.90. The first-order valence-electron chi connectivity index (χ1n) is 9.98. The SMILES string of the molecule is CCS(=O)(=O)Nc1ccc(Oc2ccc(F)cc2F)c(-c2cc(C)[n+]([O-])c(OCCN)c2)c1. The number of aromatic nitrogens is 1. The first-order chi connectivity index (χ1) is 15.6. The maximum atomic E-state index is 14.2. The molecule has 3 N–H and O–H groups in total. The monoisotopic (exact) mass is 479 g/mol. The van der Waals surface area contributed by atoms with E-state index in [1.165, 1.54) is 31.2 Å². The van der Waals surface area contributed by atoms with Crippen LogP contribution in [0.2, 0.25) is 0 Å². The fourth-order valence-corrected chi connectivity index (χ4v) is 3.58. The minimum atomic E-state index is -3.57. The molecular formula is C22H23F2N3O5S. The highest BCUT2D eigenvalue weighted by molar-refractivity contribution is 7.92. The molecule has 0 aliphatic carbocycles. The molecule has 0 radical (unpaired) electrons. The molecule has 1 heterocycles. The molecule has 0 fully saturated rings. The Balaban J connectivity index is 2.14. The van der Waals surface area contributed by atoms with Crippen molar-refractivity contribution in [2.75, 3.05) is 23.6 Å². The fraction of sp³-hybridized carbons (Fsp3) is 0.227. The second kappa shape index (κ2) is 10.0. The molecule has 0 atom stereocenters. The van der Waals surface area contributed by atoms with Gasteiger partial charge in [-0.15, -0.1) is 4.73 Å². The lowest BCUT2D eigenvalue weighted by molar-refractivity contribution is -0.619. The van der Waals surface area contributed by atoms with E-state index in [0.29, 0.717) is 21.9 Å². The van der Waals surface area contributed by atoms with Gasteiger partial charge in [-0.1, -0.05) is 0 Å². The topological polar surface area (TPSA) is 118 Å². The third-order valence-electron chi connectivity index (χ3n) is 4.59. The van der Waals surface area contributed by atoms with Crippen LogP contribution in [0, 0.1) is 23.8 Å². The molecule has 8 nitrogen and oxygen atoms in total. The zero-order chi connectivity index (χ0) is 24.2. The van der Waals surface area contributed by atoms with Gasteiger partial charge >= 0.3 is 5.88 Å². The van der Waals surface area contributed by atoms with Crippen LogP contribution in [-0.2, 0) is 10.0 Å². The van der Waals surface area contributed by atoms with Crippen molar-refractivity contribution in [2.45, 2.75) is 13.8 Å². The first kappa shape index (κ1) is 24.2. The second-order valence-electron chi connectivity index (χ2n) is 7.05. The zero-order valence-electron chi connectivity index (χ0n) is 18.0. The van der Waals surface area contributed by atoms with Gasteiger partial charge in [-0.2, -0.15) is 0 Å². The number of hydrogen-bond donors (Lipinski definition) is 2. The van der Waals surface area contributed by atoms with Gasteiger partial charge in [0.2, 0.25) is 10.0 Å². The summed E-state index contributed by atoms with van der Waals surface area (Å²) in [4.78, 5) is 0. The molecule has 0 spiro atoms. The van der Waals surface area contributed by atoms with Gasteiger partial charge in [0, 0.05) is 42.4 Å². The van der Waals surface area contributed by atoms with Gasteiger partial charge < -0.3 is 20.4 Å². The van der Waals surface area contributed by atoms with Crippen LogP contribution >= 0.6 is 0 Å². The van der Waals surface area contributed by atoms with Gasteiger partial charge in [0.15, 0.2) is 17.3 Å².